The number of aryl methyl sites for hydroxylation is 1. The number of amides is 1. The van der Waals surface area contributed by atoms with Crippen molar-refractivity contribution in [3.05, 3.63) is 52.9 Å². The van der Waals surface area contributed by atoms with E-state index in [9.17, 15) is 9.59 Å². The minimum atomic E-state index is -0.649. The molecule has 22 heavy (non-hydrogen) atoms. The first-order valence-corrected chi connectivity index (χ1v) is 7.12. The predicted octanol–water partition coefficient (Wildman–Crippen LogP) is 2.78. The lowest BCUT2D eigenvalue weighted by atomic mass is 9.86. The van der Waals surface area contributed by atoms with Gasteiger partial charge < -0.3 is 9.84 Å². The molecule has 1 amide bonds. The first kappa shape index (κ1) is 15.9. The third kappa shape index (κ3) is 3.81. The number of ketones is 1. The lowest BCUT2D eigenvalue weighted by molar-refractivity contribution is -0.117. The van der Waals surface area contributed by atoms with Gasteiger partial charge in [-0.25, -0.2) is 0 Å². The third-order valence-corrected chi connectivity index (χ3v) is 3.33. The van der Waals surface area contributed by atoms with E-state index in [2.05, 4.69) is 31.2 Å². The molecule has 0 aliphatic rings. The number of Topliss-reactive ketones (excluding diaryl/α,β-unsaturated/α-hetero) is 1. The van der Waals surface area contributed by atoms with Crippen LogP contribution in [0.25, 0.3) is 0 Å². The average molecular weight is 300 g/mol. The Morgan fingerprint density at radius 3 is 2.32 bits per heavy atom. The molecule has 0 saturated carbocycles. The molecule has 5 heteroatoms. The summed E-state index contributed by atoms with van der Waals surface area (Å²) in [5, 5.41) is 6.30. The van der Waals surface area contributed by atoms with Gasteiger partial charge in [0.1, 0.15) is 11.5 Å². The molecule has 0 atom stereocenters. The number of hydrogen-bond donors (Lipinski definition) is 1. The second kappa shape index (κ2) is 6.13. The Morgan fingerprint density at radius 2 is 1.82 bits per heavy atom. The van der Waals surface area contributed by atoms with Crippen molar-refractivity contribution in [3.8, 4) is 0 Å². The van der Waals surface area contributed by atoms with Crippen molar-refractivity contribution in [2.45, 2.75) is 39.7 Å². The number of nitrogens with zero attached hydrogens (tertiary/aromatic N) is 1. The van der Waals surface area contributed by atoms with E-state index in [1.807, 2.05) is 12.1 Å². The first-order chi connectivity index (χ1) is 10.3. The summed E-state index contributed by atoms with van der Waals surface area (Å²) in [6.45, 7) is 8.21. The molecule has 0 unspecified atom stereocenters. The lowest BCUT2D eigenvalue weighted by Gasteiger charge is -2.18. The molecule has 2 rings (SSSR count). The zero-order chi connectivity index (χ0) is 16.3. The van der Waals surface area contributed by atoms with Crippen molar-refractivity contribution in [1.29, 1.82) is 0 Å². The largest absolute Gasteiger partial charge is 0.361 e. The van der Waals surface area contributed by atoms with Gasteiger partial charge in [-0.15, -0.1) is 0 Å². The van der Waals surface area contributed by atoms with Gasteiger partial charge in [-0.1, -0.05) is 50.2 Å². The van der Waals surface area contributed by atoms with Crippen LogP contribution in [0.5, 0.6) is 0 Å². The summed E-state index contributed by atoms with van der Waals surface area (Å²) < 4.78 is 4.90. The monoisotopic (exact) mass is 300 g/mol. The van der Waals surface area contributed by atoms with E-state index in [1.54, 1.807) is 25.1 Å². The molecule has 5 nitrogen and oxygen atoms in total. The van der Waals surface area contributed by atoms with Gasteiger partial charge in [0.25, 0.3) is 5.91 Å². The van der Waals surface area contributed by atoms with Gasteiger partial charge in [-0.05, 0) is 17.9 Å². The van der Waals surface area contributed by atoms with E-state index in [0.717, 1.165) is 5.56 Å². The molecule has 0 saturated heterocycles. The van der Waals surface area contributed by atoms with Crippen molar-refractivity contribution < 1.29 is 14.1 Å². The number of nitrogens with one attached hydrogen (secondary N) is 1. The second-order valence-electron chi connectivity index (χ2n) is 6.27. The Kier molecular flexibility index (Phi) is 4.45. The summed E-state index contributed by atoms with van der Waals surface area (Å²) in [6.07, 6.45) is 0. The van der Waals surface area contributed by atoms with Gasteiger partial charge in [0.15, 0.2) is 0 Å². The zero-order valence-corrected chi connectivity index (χ0v) is 13.3. The third-order valence-electron chi connectivity index (χ3n) is 3.33. The maximum Gasteiger partial charge on any atom is 0.292 e. The van der Waals surface area contributed by atoms with Crippen LogP contribution in [-0.4, -0.2) is 16.8 Å². The molecule has 2 aromatic rings. The molecular weight excluding hydrogens is 280 g/mol. The van der Waals surface area contributed by atoms with Crippen LogP contribution in [0, 0.1) is 6.92 Å². The van der Waals surface area contributed by atoms with Crippen LogP contribution in [0.2, 0.25) is 0 Å². The highest BCUT2D eigenvalue weighted by Crippen LogP contribution is 2.22. The standard InChI is InChI=1S/C17H20N2O3/c1-11-9-14(19-22-11)10-18-16(21)15(20)12-5-7-13(8-6-12)17(2,3)4/h5-9H,10H2,1-4H3,(H,18,21). The summed E-state index contributed by atoms with van der Waals surface area (Å²) in [4.78, 5) is 24.0. The van der Waals surface area contributed by atoms with E-state index in [4.69, 9.17) is 4.52 Å². The number of carbonyl (C=O) groups is 2. The summed E-state index contributed by atoms with van der Waals surface area (Å²) in [5.41, 5.74) is 2.08. The quantitative estimate of drug-likeness (QED) is 0.696. The maximum atomic E-state index is 12.1. The van der Waals surface area contributed by atoms with E-state index >= 15 is 0 Å². The fourth-order valence-electron chi connectivity index (χ4n) is 2.01. The van der Waals surface area contributed by atoms with Crippen LogP contribution in [0.3, 0.4) is 0 Å². The normalized spacial score (nSPS) is 11.3. The average Bonchev–Trinajstić information content (AvgIpc) is 2.89. The molecule has 0 aliphatic carbocycles. The molecule has 0 aliphatic heterocycles. The summed E-state index contributed by atoms with van der Waals surface area (Å²) in [6, 6.07) is 8.83. The van der Waals surface area contributed by atoms with Crippen LogP contribution in [0.1, 0.15) is 48.1 Å². The molecule has 1 aromatic heterocycles. The van der Waals surface area contributed by atoms with Crippen LogP contribution in [-0.2, 0) is 16.8 Å². The second-order valence-corrected chi connectivity index (χ2v) is 6.27. The summed E-state index contributed by atoms with van der Waals surface area (Å²) in [7, 11) is 0. The highest BCUT2D eigenvalue weighted by atomic mass is 16.5. The Labute approximate surface area is 129 Å². The van der Waals surface area contributed by atoms with Gasteiger partial charge in [0.05, 0.1) is 6.54 Å². The number of rotatable bonds is 4. The van der Waals surface area contributed by atoms with E-state index in [1.165, 1.54) is 0 Å². The predicted molar refractivity (Wildman–Crippen MR) is 82.6 cm³/mol. The van der Waals surface area contributed by atoms with Gasteiger partial charge in [-0.3, -0.25) is 9.59 Å². The van der Waals surface area contributed by atoms with Crippen LogP contribution < -0.4 is 5.32 Å². The first-order valence-electron chi connectivity index (χ1n) is 7.12. The molecule has 0 bridgehead atoms. The highest BCUT2D eigenvalue weighted by molar-refractivity contribution is 6.42. The van der Waals surface area contributed by atoms with Crippen molar-refractivity contribution in [3.63, 3.8) is 0 Å². The molecular formula is C17H20N2O3. The summed E-state index contributed by atoms with van der Waals surface area (Å²) >= 11 is 0. The van der Waals surface area contributed by atoms with Crippen LogP contribution in [0.4, 0.5) is 0 Å². The Hall–Kier alpha value is -2.43. The molecule has 0 spiro atoms. The van der Waals surface area contributed by atoms with Crippen LogP contribution >= 0.6 is 0 Å². The zero-order valence-electron chi connectivity index (χ0n) is 13.3. The number of carbonyl (C=O) groups excluding carboxylic acids is 2. The van der Waals surface area contributed by atoms with Crippen molar-refractivity contribution in [2.24, 2.45) is 0 Å². The SMILES string of the molecule is Cc1cc(CNC(=O)C(=O)c2ccc(C(C)(C)C)cc2)no1. The van der Waals surface area contributed by atoms with Crippen molar-refractivity contribution in [1.82, 2.24) is 10.5 Å². The van der Waals surface area contributed by atoms with Crippen molar-refractivity contribution in [2.75, 3.05) is 0 Å². The Bertz CT molecular complexity index is 679. The van der Waals surface area contributed by atoms with E-state index in [0.29, 0.717) is 17.0 Å². The number of benzene rings is 1. The minimum absolute atomic E-state index is 0.00858. The molecule has 1 N–H and O–H groups in total. The highest BCUT2D eigenvalue weighted by Gasteiger charge is 2.18. The van der Waals surface area contributed by atoms with Gasteiger partial charge in [-0.2, -0.15) is 0 Å². The van der Waals surface area contributed by atoms with E-state index in [-0.39, 0.29) is 12.0 Å². The fourth-order valence-corrected chi connectivity index (χ4v) is 2.01. The lowest BCUT2D eigenvalue weighted by Crippen LogP contribution is -2.30. The molecule has 0 radical (unpaired) electrons. The van der Waals surface area contributed by atoms with Crippen LogP contribution in [0.15, 0.2) is 34.9 Å². The fraction of sp³-hybridized carbons (Fsp3) is 0.353. The molecule has 116 valence electrons. The minimum Gasteiger partial charge on any atom is -0.361 e. The molecule has 1 aromatic carbocycles. The van der Waals surface area contributed by atoms with Gasteiger partial charge in [0.2, 0.25) is 5.78 Å². The topological polar surface area (TPSA) is 72.2 Å². The smallest absolute Gasteiger partial charge is 0.292 e. The van der Waals surface area contributed by atoms with Gasteiger partial charge in [0, 0.05) is 11.6 Å². The Balaban J connectivity index is 1.99. The van der Waals surface area contributed by atoms with E-state index < -0.39 is 11.7 Å². The maximum absolute atomic E-state index is 12.1. The Morgan fingerprint density at radius 1 is 1.18 bits per heavy atom. The number of aromatic nitrogens is 1. The molecule has 0 fully saturated rings. The van der Waals surface area contributed by atoms with Crippen molar-refractivity contribution >= 4 is 11.7 Å². The molecule has 1 heterocycles. The van der Waals surface area contributed by atoms with Gasteiger partial charge >= 0.3 is 0 Å². The number of hydrogen-bond acceptors (Lipinski definition) is 4. The summed E-state index contributed by atoms with van der Waals surface area (Å²) in [5.74, 6) is -0.543.